The molecule has 2 aromatic heterocycles. The Bertz CT molecular complexity index is 600. The Labute approximate surface area is 127 Å². The lowest BCUT2D eigenvalue weighted by atomic mass is 10.3. The normalized spacial score (nSPS) is 10.9. The Kier molecular flexibility index (Phi) is 5.89. The molecule has 0 saturated heterocycles. The first kappa shape index (κ1) is 15.7. The Morgan fingerprint density at radius 1 is 1.43 bits per heavy atom. The first-order chi connectivity index (χ1) is 10.2. The third kappa shape index (κ3) is 4.12. The van der Waals surface area contributed by atoms with Crippen LogP contribution in [-0.2, 0) is 4.74 Å². The van der Waals surface area contributed by atoms with E-state index in [1.54, 1.807) is 12.3 Å². The fourth-order valence-corrected chi connectivity index (χ4v) is 2.80. The van der Waals surface area contributed by atoms with E-state index >= 15 is 0 Å². The predicted molar refractivity (Wildman–Crippen MR) is 84.5 cm³/mol. The Hall–Kier alpha value is -1.73. The van der Waals surface area contributed by atoms with Crippen LogP contribution < -0.4 is 11.1 Å². The molecule has 0 spiro atoms. The summed E-state index contributed by atoms with van der Waals surface area (Å²) in [6.07, 6.45) is 4.57. The minimum Gasteiger partial charge on any atom is -0.397 e. The summed E-state index contributed by atoms with van der Waals surface area (Å²) in [6.45, 7) is 4.15. The topological polar surface area (TPSA) is 90.1 Å². The van der Waals surface area contributed by atoms with Crippen LogP contribution in [0.4, 0.5) is 5.69 Å². The molecule has 0 fully saturated rings. The molecular formula is C14H20N4O2S. The number of aromatic nitrogens is 2. The number of nitrogens with one attached hydrogen (secondary N) is 1. The van der Waals surface area contributed by atoms with E-state index in [1.807, 2.05) is 0 Å². The highest BCUT2D eigenvalue weighted by atomic mass is 32.1. The summed E-state index contributed by atoms with van der Waals surface area (Å²) in [4.78, 5) is 13.3. The highest BCUT2D eigenvalue weighted by Crippen LogP contribution is 2.31. The molecule has 0 atom stereocenters. The van der Waals surface area contributed by atoms with Crippen molar-refractivity contribution >= 4 is 33.1 Å². The number of thiophene rings is 1. The zero-order chi connectivity index (χ0) is 15.1. The molecule has 3 N–H and O–H groups in total. The van der Waals surface area contributed by atoms with Gasteiger partial charge in [-0.15, -0.1) is 16.4 Å². The Balaban J connectivity index is 1.81. The van der Waals surface area contributed by atoms with Crippen LogP contribution in [0.2, 0.25) is 0 Å². The third-order valence-corrected chi connectivity index (χ3v) is 4.12. The molecule has 0 aliphatic rings. The largest absolute Gasteiger partial charge is 0.397 e. The smallest absolute Gasteiger partial charge is 0.263 e. The van der Waals surface area contributed by atoms with Gasteiger partial charge in [0.05, 0.1) is 11.9 Å². The lowest BCUT2D eigenvalue weighted by Gasteiger charge is -2.05. The molecule has 21 heavy (non-hydrogen) atoms. The zero-order valence-electron chi connectivity index (χ0n) is 12.1. The minimum absolute atomic E-state index is 0.163. The summed E-state index contributed by atoms with van der Waals surface area (Å²) < 4.78 is 5.44. The molecule has 0 radical (unpaired) electrons. The molecule has 0 saturated carbocycles. The van der Waals surface area contributed by atoms with Crippen LogP contribution in [0, 0.1) is 0 Å². The molecule has 2 rings (SSSR count). The van der Waals surface area contributed by atoms with Crippen molar-refractivity contribution in [2.75, 3.05) is 25.5 Å². The van der Waals surface area contributed by atoms with E-state index in [9.17, 15) is 4.79 Å². The van der Waals surface area contributed by atoms with Crippen molar-refractivity contribution in [1.82, 2.24) is 15.5 Å². The quantitative estimate of drug-likeness (QED) is 0.730. The maximum atomic E-state index is 12.1. The van der Waals surface area contributed by atoms with Crippen molar-refractivity contribution < 1.29 is 9.53 Å². The van der Waals surface area contributed by atoms with Gasteiger partial charge in [0, 0.05) is 25.1 Å². The van der Waals surface area contributed by atoms with Crippen molar-refractivity contribution in [3.05, 3.63) is 17.1 Å². The number of fused-ring (bicyclic) bond motifs is 1. The molecule has 114 valence electrons. The molecule has 1 amide bonds. The monoisotopic (exact) mass is 308 g/mol. The van der Waals surface area contributed by atoms with Crippen LogP contribution in [0.15, 0.2) is 12.3 Å². The molecular weight excluding hydrogens is 288 g/mol. The van der Waals surface area contributed by atoms with Gasteiger partial charge < -0.3 is 15.8 Å². The number of anilines is 1. The summed E-state index contributed by atoms with van der Waals surface area (Å²) in [6, 6.07) is 1.77. The van der Waals surface area contributed by atoms with Gasteiger partial charge in [0.25, 0.3) is 5.91 Å². The van der Waals surface area contributed by atoms with Crippen LogP contribution in [0.3, 0.4) is 0 Å². The van der Waals surface area contributed by atoms with E-state index in [-0.39, 0.29) is 5.91 Å². The second-order valence-corrected chi connectivity index (χ2v) is 5.67. The predicted octanol–water partition coefficient (Wildman–Crippen LogP) is 2.21. The number of nitrogens with two attached hydrogens (primary N) is 1. The van der Waals surface area contributed by atoms with Crippen LogP contribution in [0.5, 0.6) is 0 Å². The standard InChI is InChI=1S/C14H20N4O2S/c1-2-3-8-20-9-4-6-16-13(19)12-11(15)10-5-7-17-18-14(10)21-12/h5,7H,2-4,6,8-9,15H2,1H3,(H,16,19). The average molecular weight is 308 g/mol. The molecule has 2 aromatic rings. The minimum atomic E-state index is -0.163. The maximum absolute atomic E-state index is 12.1. The summed E-state index contributed by atoms with van der Waals surface area (Å²) in [5.41, 5.74) is 6.46. The van der Waals surface area contributed by atoms with Crippen molar-refractivity contribution in [3.63, 3.8) is 0 Å². The lowest BCUT2D eigenvalue weighted by Crippen LogP contribution is -2.25. The van der Waals surface area contributed by atoms with Crippen LogP contribution in [0.1, 0.15) is 35.9 Å². The van der Waals surface area contributed by atoms with Gasteiger partial charge in [-0.3, -0.25) is 4.79 Å². The molecule has 0 aromatic carbocycles. The van der Waals surface area contributed by atoms with Gasteiger partial charge in [-0.25, -0.2) is 0 Å². The molecule has 6 nitrogen and oxygen atoms in total. The number of nitrogen functional groups attached to an aromatic ring is 1. The number of nitrogens with zero attached hydrogens (tertiary/aromatic N) is 2. The summed E-state index contributed by atoms with van der Waals surface area (Å²) >= 11 is 1.26. The van der Waals surface area contributed by atoms with E-state index in [0.29, 0.717) is 28.5 Å². The van der Waals surface area contributed by atoms with Gasteiger partial charge in [0.2, 0.25) is 0 Å². The number of carbonyl (C=O) groups excluding carboxylic acids is 1. The van der Waals surface area contributed by atoms with Crippen molar-refractivity contribution in [2.45, 2.75) is 26.2 Å². The third-order valence-electron chi connectivity index (χ3n) is 3.02. The van der Waals surface area contributed by atoms with Gasteiger partial charge in [-0.05, 0) is 18.9 Å². The maximum Gasteiger partial charge on any atom is 0.263 e. The summed E-state index contributed by atoms with van der Waals surface area (Å²) in [5.74, 6) is -0.163. The highest BCUT2D eigenvalue weighted by molar-refractivity contribution is 7.21. The SMILES string of the molecule is CCCCOCCCNC(=O)c1sc2nnccc2c1N. The van der Waals surface area contributed by atoms with Gasteiger partial charge in [0.15, 0.2) is 0 Å². The second kappa shape index (κ2) is 7.90. The molecule has 2 heterocycles. The average Bonchev–Trinajstić information content (AvgIpc) is 2.84. The number of hydrogen-bond acceptors (Lipinski definition) is 6. The van der Waals surface area contributed by atoms with E-state index in [0.717, 1.165) is 31.3 Å². The first-order valence-electron chi connectivity index (χ1n) is 7.09. The number of hydrogen-bond donors (Lipinski definition) is 2. The Morgan fingerprint density at radius 3 is 3.00 bits per heavy atom. The molecule has 0 bridgehead atoms. The molecule has 0 aliphatic heterocycles. The fourth-order valence-electron chi connectivity index (χ4n) is 1.85. The number of unbranched alkanes of at least 4 members (excludes halogenated alkanes) is 1. The molecule has 0 unspecified atom stereocenters. The first-order valence-corrected chi connectivity index (χ1v) is 7.91. The van der Waals surface area contributed by atoms with E-state index < -0.39 is 0 Å². The summed E-state index contributed by atoms with van der Waals surface area (Å²) in [7, 11) is 0. The Morgan fingerprint density at radius 2 is 2.24 bits per heavy atom. The van der Waals surface area contributed by atoms with Gasteiger partial charge in [-0.2, -0.15) is 5.10 Å². The number of carbonyl (C=O) groups is 1. The second-order valence-electron chi connectivity index (χ2n) is 4.67. The number of amides is 1. The zero-order valence-corrected chi connectivity index (χ0v) is 12.9. The van der Waals surface area contributed by atoms with Gasteiger partial charge in [0.1, 0.15) is 9.71 Å². The fraction of sp³-hybridized carbons (Fsp3) is 0.500. The van der Waals surface area contributed by atoms with Crippen LogP contribution >= 0.6 is 11.3 Å². The van der Waals surface area contributed by atoms with Gasteiger partial charge in [-0.1, -0.05) is 13.3 Å². The number of rotatable bonds is 8. The summed E-state index contributed by atoms with van der Waals surface area (Å²) in [5, 5.41) is 11.4. The van der Waals surface area contributed by atoms with Crippen LogP contribution in [-0.4, -0.2) is 35.9 Å². The van der Waals surface area contributed by atoms with Gasteiger partial charge >= 0.3 is 0 Å². The molecule has 7 heteroatoms. The highest BCUT2D eigenvalue weighted by Gasteiger charge is 2.16. The molecule has 0 aliphatic carbocycles. The van der Waals surface area contributed by atoms with Crippen molar-refractivity contribution in [1.29, 1.82) is 0 Å². The number of ether oxygens (including phenoxy) is 1. The van der Waals surface area contributed by atoms with E-state index in [1.165, 1.54) is 11.3 Å². The lowest BCUT2D eigenvalue weighted by molar-refractivity contribution is 0.0945. The van der Waals surface area contributed by atoms with Crippen molar-refractivity contribution in [2.24, 2.45) is 0 Å². The van der Waals surface area contributed by atoms with Crippen molar-refractivity contribution in [3.8, 4) is 0 Å². The van der Waals surface area contributed by atoms with Crippen LogP contribution in [0.25, 0.3) is 10.2 Å². The van der Waals surface area contributed by atoms with E-state index in [2.05, 4.69) is 22.4 Å². The van der Waals surface area contributed by atoms with E-state index in [4.69, 9.17) is 10.5 Å².